The first-order valence-electron chi connectivity index (χ1n) is 4.66. The minimum atomic E-state index is 0.885. The van der Waals surface area contributed by atoms with E-state index in [0.29, 0.717) is 0 Å². The lowest BCUT2D eigenvalue weighted by Crippen LogP contribution is -1.93. The third kappa shape index (κ3) is 5.96. The van der Waals surface area contributed by atoms with Crippen molar-refractivity contribution in [2.75, 3.05) is 6.61 Å². The molecule has 11 heavy (non-hydrogen) atoms. The van der Waals surface area contributed by atoms with Crippen molar-refractivity contribution in [2.45, 2.75) is 46.5 Å². The molecule has 0 aliphatic carbocycles. The Balaban J connectivity index is 3.44. The molecule has 0 saturated heterocycles. The zero-order chi connectivity index (χ0) is 8.53. The summed E-state index contributed by atoms with van der Waals surface area (Å²) in [6, 6.07) is 0. The van der Waals surface area contributed by atoms with Crippen LogP contribution in [-0.4, -0.2) is 6.61 Å². The van der Waals surface area contributed by atoms with Crippen LogP contribution in [0.3, 0.4) is 0 Å². The highest BCUT2D eigenvalue weighted by atomic mass is 16.5. The van der Waals surface area contributed by atoms with Gasteiger partial charge in [0.1, 0.15) is 0 Å². The Labute approximate surface area is 70.4 Å². The molecule has 0 saturated carbocycles. The van der Waals surface area contributed by atoms with Gasteiger partial charge in [-0.3, -0.25) is 0 Å². The van der Waals surface area contributed by atoms with E-state index in [1.54, 1.807) is 0 Å². The number of ether oxygens (including phenoxy) is 1. The van der Waals surface area contributed by atoms with Gasteiger partial charge in [0.2, 0.25) is 0 Å². The number of unbranched alkanes of at least 4 members (excludes halogenated alkanes) is 1. The first kappa shape index (κ1) is 10.5. The quantitative estimate of drug-likeness (QED) is 0.422. The van der Waals surface area contributed by atoms with E-state index in [-0.39, 0.29) is 0 Å². The Hall–Kier alpha value is -0.460. The van der Waals surface area contributed by atoms with E-state index >= 15 is 0 Å². The van der Waals surface area contributed by atoms with E-state index in [9.17, 15) is 0 Å². The summed E-state index contributed by atoms with van der Waals surface area (Å²) < 4.78 is 5.53. The highest BCUT2D eigenvalue weighted by molar-refractivity contribution is 4.90. The molecular formula is C10H20O. The van der Waals surface area contributed by atoms with Crippen molar-refractivity contribution < 1.29 is 4.74 Å². The van der Waals surface area contributed by atoms with Gasteiger partial charge in [-0.1, -0.05) is 27.2 Å². The SMILES string of the molecule is CCC=C(CC)OCCCC. The highest BCUT2D eigenvalue weighted by Gasteiger charge is 1.91. The molecule has 1 nitrogen and oxygen atoms in total. The summed E-state index contributed by atoms with van der Waals surface area (Å²) in [6.45, 7) is 7.33. The van der Waals surface area contributed by atoms with Gasteiger partial charge in [-0.15, -0.1) is 0 Å². The normalized spacial score (nSPS) is 11.7. The number of hydrogen-bond acceptors (Lipinski definition) is 1. The van der Waals surface area contributed by atoms with Crippen LogP contribution in [0, 0.1) is 0 Å². The number of hydrogen-bond donors (Lipinski definition) is 0. The second-order valence-corrected chi connectivity index (χ2v) is 2.63. The summed E-state index contributed by atoms with van der Waals surface area (Å²) in [6.07, 6.45) is 6.65. The third-order valence-electron chi connectivity index (χ3n) is 1.57. The molecule has 0 aromatic carbocycles. The van der Waals surface area contributed by atoms with Crippen molar-refractivity contribution in [3.05, 3.63) is 11.8 Å². The molecule has 0 amide bonds. The molecule has 0 aromatic rings. The predicted molar refractivity (Wildman–Crippen MR) is 49.5 cm³/mol. The summed E-state index contributed by atoms with van der Waals surface area (Å²) >= 11 is 0. The van der Waals surface area contributed by atoms with E-state index in [2.05, 4.69) is 26.8 Å². The van der Waals surface area contributed by atoms with Gasteiger partial charge in [-0.2, -0.15) is 0 Å². The van der Waals surface area contributed by atoms with E-state index < -0.39 is 0 Å². The molecule has 0 aliphatic rings. The molecule has 0 rings (SSSR count). The van der Waals surface area contributed by atoms with E-state index in [4.69, 9.17) is 4.74 Å². The monoisotopic (exact) mass is 156 g/mol. The molecule has 0 fully saturated rings. The summed E-state index contributed by atoms with van der Waals surface area (Å²) in [5.74, 6) is 1.15. The summed E-state index contributed by atoms with van der Waals surface area (Å²) in [4.78, 5) is 0. The Morgan fingerprint density at radius 3 is 2.45 bits per heavy atom. The Morgan fingerprint density at radius 2 is 2.00 bits per heavy atom. The number of allylic oxidation sites excluding steroid dienone is 2. The molecule has 0 heterocycles. The van der Waals surface area contributed by atoms with Gasteiger partial charge in [0.25, 0.3) is 0 Å². The molecule has 0 aromatic heterocycles. The van der Waals surface area contributed by atoms with E-state index in [1.807, 2.05) is 0 Å². The van der Waals surface area contributed by atoms with Gasteiger partial charge in [-0.25, -0.2) is 0 Å². The lowest BCUT2D eigenvalue weighted by molar-refractivity contribution is 0.199. The first-order chi connectivity index (χ1) is 5.35. The van der Waals surface area contributed by atoms with E-state index in [1.165, 1.54) is 12.8 Å². The van der Waals surface area contributed by atoms with Crippen molar-refractivity contribution in [2.24, 2.45) is 0 Å². The summed E-state index contributed by atoms with van der Waals surface area (Å²) in [5, 5.41) is 0. The average molecular weight is 156 g/mol. The second-order valence-electron chi connectivity index (χ2n) is 2.63. The van der Waals surface area contributed by atoms with Crippen molar-refractivity contribution in [1.29, 1.82) is 0 Å². The van der Waals surface area contributed by atoms with Crippen LogP contribution in [0.15, 0.2) is 11.8 Å². The Morgan fingerprint density at radius 1 is 1.27 bits per heavy atom. The second kappa shape index (κ2) is 7.64. The molecule has 0 atom stereocenters. The zero-order valence-corrected chi connectivity index (χ0v) is 8.02. The van der Waals surface area contributed by atoms with Crippen LogP contribution in [0.4, 0.5) is 0 Å². The largest absolute Gasteiger partial charge is 0.498 e. The Bertz CT molecular complexity index is 105. The average Bonchev–Trinajstić information content (AvgIpc) is 2.03. The summed E-state index contributed by atoms with van der Waals surface area (Å²) in [7, 11) is 0. The fourth-order valence-electron chi connectivity index (χ4n) is 0.881. The van der Waals surface area contributed by atoms with Crippen molar-refractivity contribution in [3.63, 3.8) is 0 Å². The first-order valence-corrected chi connectivity index (χ1v) is 4.66. The van der Waals surface area contributed by atoms with Gasteiger partial charge in [-0.05, 0) is 18.9 Å². The van der Waals surface area contributed by atoms with Crippen LogP contribution in [0.25, 0.3) is 0 Å². The van der Waals surface area contributed by atoms with Crippen LogP contribution in [0.1, 0.15) is 46.5 Å². The number of rotatable bonds is 6. The minimum Gasteiger partial charge on any atom is -0.498 e. The van der Waals surface area contributed by atoms with Crippen LogP contribution in [-0.2, 0) is 4.74 Å². The van der Waals surface area contributed by atoms with Crippen LogP contribution in [0.5, 0.6) is 0 Å². The third-order valence-corrected chi connectivity index (χ3v) is 1.57. The molecular weight excluding hydrogens is 136 g/mol. The molecule has 66 valence electrons. The van der Waals surface area contributed by atoms with Gasteiger partial charge >= 0.3 is 0 Å². The maximum absolute atomic E-state index is 5.53. The maximum Gasteiger partial charge on any atom is 0.0917 e. The van der Waals surface area contributed by atoms with Gasteiger partial charge < -0.3 is 4.74 Å². The van der Waals surface area contributed by atoms with E-state index in [0.717, 1.165) is 25.2 Å². The molecule has 0 spiro atoms. The van der Waals surface area contributed by atoms with Gasteiger partial charge in [0.05, 0.1) is 12.4 Å². The lowest BCUT2D eigenvalue weighted by atomic mass is 10.3. The maximum atomic E-state index is 5.53. The van der Waals surface area contributed by atoms with Crippen LogP contribution in [0.2, 0.25) is 0 Å². The fraction of sp³-hybridized carbons (Fsp3) is 0.800. The van der Waals surface area contributed by atoms with Crippen molar-refractivity contribution >= 4 is 0 Å². The van der Waals surface area contributed by atoms with Crippen molar-refractivity contribution in [1.82, 2.24) is 0 Å². The molecule has 0 unspecified atom stereocenters. The molecule has 1 heteroatoms. The molecule has 0 aliphatic heterocycles. The standard InChI is InChI=1S/C10H20O/c1-4-7-9-11-10(6-3)8-5-2/h8H,4-7,9H2,1-3H3. The Kier molecular flexibility index (Phi) is 7.33. The zero-order valence-electron chi connectivity index (χ0n) is 8.02. The lowest BCUT2D eigenvalue weighted by Gasteiger charge is -2.06. The highest BCUT2D eigenvalue weighted by Crippen LogP contribution is 2.05. The predicted octanol–water partition coefficient (Wildman–Crippen LogP) is 3.51. The van der Waals surface area contributed by atoms with Crippen molar-refractivity contribution in [3.8, 4) is 0 Å². The van der Waals surface area contributed by atoms with Crippen LogP contribution < -0.4 is 0 Å². The summed E-state index contributed by atoms with van der Waals surface area (Å²) in [5.41, 5.74) is 0. The minimum absolute atomic E-state index is 0.885. The smallest absolute Gasteiger partial charge is 0.0917 e. The molecule has 0 N–H and O–H groups in total. The van der Waals surface area contributed by atoms with Gasteiger partial charge in [0.15, 0.2) is 0 Å². The van der Waals surface area contributed by atoms with Crippen LogP contribution >= 0.6 is 0 Å². The molecule has 0 bridgehead atoms. The molecule has 0 radical (unpaired) electrons. The fourth-order valence-corrected chi connectivity index (χ4v) is 0.881. The topological polar surface area (TPSA) is 9.23 Å². The van der Waals surface area contributed by atoms with Gasteiger partial charge in [0, 0.05) is 6.42 Å².